The average Bonchev–Trinajstić information content (AvgIpc) is 3.14. The number of esters is 1. The van der Waals surface area contributed by atoms with E-state index in [1.54, 1.807) is 0 Å². The summed E-state index contributed by atoms with van der Waals surface area (Å²) in [5.41, 5.74) is 1.92. The molecule has 0 spiro atoms. The number of nitrogens with zero attached hydrogens (tertiary/aromatic N) is 2. The maximum absolute atomic E-state index is 11.9. The van der Waals surface area contributed by atoms with Gasteiger partial charge >= 0.3 is 5.97 Å². The number of aromatic nitrogens is 1. The van der Waals surface area contributed by atoms with Crippen molar-refractivity contribution in [3.8, 4) is 6.07 Å². The fourth-order valence-electron chi connectivity index (χ4n) is 2.48. The number of nitrogens with one attached hydrogen (secondary N) is 1. The third-order valence-electron chi connectivity index (χ3n) is 3.54. The first kappa shape index (κ1) is 15.2. The van der Waals surface area contributed by atoms with Crippen LogP contribution in [-0.4, -0.2) is 23.5 Å². The van der Waals surface area contributed by atoms with Gasteiger partial charge in [0.2, 0.25) is 0 Å². The highest BCUT2D eigenvalue weighted by Gasteiger charge is 2.23. The summed E-state index contributed by atoms with van der Waals surface area (Å²) in [5.74, 6) is -1.04. The molecule has 2 aromatic rings. The van der Waals surface area contributed by atoms with Gasteiger partial charge in [0.05, 0.1) is 11.1 Å². The highest BCUT2D eigenvalue weighted by Crippen LogP contribution is 2.38. The number of carbonyl (C=O) groups excluding carboxylic acids is 2. The summed E-state index contributed by atoms with van der Waals surface area (Å²) < 4.78 is 4.96. The van der Waals surface area contributed by atoms with Crippen LogP contribution in [0.15, 0.2) is 24.5 Å². The van der Waals surface area contributed by atoms with Crippen LogP contribution in [0, 0.1) is 11.3 Å². The fraction of sp³-hybridized carbons (Fsp3) is 0.250. The van der Waals surface area contributed by atoms with E-state index in [0.29, 0.717) is 16.1 Å². The van der Waals surface area contributed by atoms with Crippen molar-refractivity contribution in [3.05, 3.63) is 46.1 Å². The lowest BCUT2D eigenvalue weighted by molar-refractivity contribution is -0.119. The van der Waals surface area contributed by atoms with Gasteiger partial charge in [0.15, 0.2) is 6.61 Å². The molecule has 2 aromatic heterocycles. The molecule has 0 aromatic carbocycles. The Morgan fingerprint density at radius 2 is 2.13 bits per heavy atom. The second-order valence-electron chi connectivity index (χ2n) is 5.03. The number of carbonyl (C=O) groups is 2. The van der Waals surface area contributed by atoms with Gasteiger partial charge in [-0.25, -0.2) is 4.79 Å². The topological polar surface area (TPSA) is 92.1 Å². The molecule has 0 saturated heterocycles. The van der Waals surface area contributed by atoms with Gasteiger partial charge < -0.3 is 10.1 Å². The molecule has 3 rings (SSSR count). The minimum atomic E-state index is -0.586. The third kappa shape index (κ3) is 3.22. The van der Waals surface area contributed by atoms with Gasteiger partial charge in [0.1, 0.15) is 11.1 Å². The average molecular weight is 327 g/mol. The molecule has 0 fully saturated rings. The predicted molar refractivity (Wildman–Crippen MR) is 84.2 cm³/mol. The molecule has 6 nitrogen and oxygen atoms in total. The minimum absolute atomic E-state index is 0.334. The highest BCUT2D eigenvalue weighted by atomic mass is 32.1. The molecule has 116 valence electrons. The van der Waals surface area contributed by atoms with Crippen molar-refractivity contribution in [1.82, 2.24) is 4.98 Å². The van der Waals surface area contributed by atoms with Crippen LogP contribution in [0.25, 0.3) is 0 Å². The molecule has 1 amide bonds. The molecule has 1 aliphatic rings. The van der Waals surface area contributed by atoms with Crippen molar-refractivity contribution in [1.29, 1.82) is 5.26 Å². The van der Waals surface area contributed by atoms with Gasteiger partial charge in [0, 0.05) is 17.3 Å². The first-order chi connectivity index (χ1) is 11.2. The SMILES string of the molecule is N#Cc1c(NC(=O)COC(=O)c2ccncc2)sc2c1CCC2. The number of aryl methyl sites for hydroxylation is 1. The number of pyridine rings is 1. The first-order valence-electron chi connectivity index (χ1n) is 7.10. The number of fused-ring (bicyclic) bond motifs is 1. The summed E-state index contributed by atoms with van der Waals surface area (Å²) in [6.07, 6.45) is 5.82. The third-order valence-corrected chi connectivity index (χ3v) is 4.74. The molecule has 2 heterocycles. The quantitative estimate of drug-likeness (QED) is 0.870. The summed E-state index contributed by atoms with van der Waals surface area (Å²) in [5, 5.41) is 12.5. The summed E-state index contributed by atoms with van der Waals surface area (Å²) in [7, 11) is 0. The van der Waals surface area contributed by atoms with Crippen molar-refractivity contribution >= 4 is 28.2 Å². The summed E-state index contributed by atoms with van der Waals surface area (Å²) in [4.78, 5) is 28.7. The molecule has 0 aliphatic heterocycles. The summed E-state index contributed by atoms with van der Waals surface area (Å²) in [6.45, 7) is -0.394. The Kier molecular flexibility index (Phi) is 4.35. The van der Waals surface area contributed by atoms with E-state index in [0.717, 1.165) is 29.7 Å². The Labute approximate surface area is 136 Å². The van der Waals surface area contributed by atoms with Gasteiger partial charge in [-0.2, -0.15) is 5.26 Å². The van der Waals surface area contributed by atoms with Gasteiger partial charge in [-0.05, 0) is 37.0 Å². The van der Waals surface area contributed by atoms with Crippen molar-refractivity contribution in [3.63, 3.8) is 0 Å². The molecule has 7 heteroatoms. The maximum atomic E-state index is 11.9. The van der Waals surface area contributed by atoms with E-state index in [4.69, 9.17) is 4.74 Å². The maximum Gasteiger partial charge on any atom is 0.338 e. The Balaban J connectivity index is 1.60. The van der Waals surface area contributed by atoms with E-state index < -0.39 is 18.5 Å². The number of thiophene rings is 1. The van der Waals surface area contributed by atoms with E-state index in [1.165, 1.54) is 35.9 Å². The zero-order chi connectivity index (χ0) is 16.2. The van der Waals surface area contributed by atoms with Crippen LogP contribution in [0.4, 0.5) is 5.00 Å². The number of amides is 1. The molecule has 0 radical (unpaired) electrons. The van der Waals surface area contributed by atoms with Gasteiger partial charge in [-0.3, -0.25) is 9.78 Å². The minimum Gasteiger partial charge on any atom is -0.452 e. The van der Waals surface area contributed by atoms with Crippen LogP contribution in [0.5, 0.6) is 0 Å². The number of nitriles is 1. The zero-order valence-corrected chi connectivity index (χ0v) is 13.0. The van der Waals surface area contributed by atoms with E-state index in [2.05, 4.69) is 16.4 Å². The Bertz CT molecular complexity index is 793. The molecule has 1 N–H and O–H groups in total. The smallest absolute Gasteiger partial charge is 0.338 e. The molecule has 0 atom stereocenters. The van der Waals surface area contributed by atoms with E-state index >= 15 is 0 Å². The van der Waals surface area contributed by atoms with Crippen LogP contribution in [-0.2, 0) is 22.4 Å². The lowest BCUT2D eigenvalue weighted by Gasteiger charge is -2.05. The Morgan fingerprint density at radius 3 is 2.87 bits per heavy atom. The Hall–Kier alpha value is -2.72. The number of ether oxygens (including phenoxy) is 1. The molecular formula is C16H13N3O3S. The van der Waals surface area contributed by atoms with Crippen LogP contribution < -0.4 is 5.32 Å². The lowest BCUT2D eigenvalue weighted by Crippen LogP contribution is -2.20. The van der Waals surface area contributed by atoms with Crippen molar-refractivity contribution in [2.45, 2.75) is 19.3 Å². The van der Waals surface area contributed by atoms with Crippen molar-refractivity contribution < 1.29 is 14.3 Å². The fourth-order valence-corrected chi connectivity index (χ4v) is 3.73. The molecule has 23 heavy (non-hydrogen) atoms. The molecule has 0 bridgehead atoms. The van der Waals surface area contributed by atoms with E-state index in [-0.39, 0.29) is 0 Å². The second kappa shape index (κ2) is 6.58. The van der Waals surface area contributed by atoms with Crippen LogP contribution in [0.2, 0.25) is 0 Å². The number of hydrogen-bond donors (Lipinski definition) is 1. The van der Waals surface area contributed by atoms with Gasteiger partial charge in [-0.1, -0.05) is 0 Å². The predicted octanol–water partition coefficient (Wildman–Crippen LogP) is 2.30. The van der Waals surface area contributed by atoms with Crippen molar-refractivity contribution in [2.24, 2.45) is 0 Å². The van der Waals surface area contributed by atoms with Crippen LogP contribution in [0.1, 0.15) is 32.8 Å². The molecular weight excluding hydrogens is 314 g/mol. The van der Waals surface area contributed by atoms with Crippen molar-refractivity contribution in [2.75, 3.05) is 11.9 Å². The first-order valence-corrected chi connectivity index (χ1v) is 7.92. The monoisotopic (exact) mass is 327 g/mol. The normalized spacial score (nSPS) is 12.3. The van der Waals surface area contributed by atoms with Crippen LogP contribution in [0.3, 0.4) is 0 Å². The number of hydrogen-bond acceptors (Lipinski definition) is 6. The van der Waals surface area contributed by atoms with Gasteiger partial charge in [0.25, 0.3) is 5.91 Å². The Morgan fingerprint density at radius 1 is 1.35 bits per heavy atom. The summed E-state index contributed by atoms with van der Waals surface area (Å²) >= 11 is 1.43. The number of anilines is 1. The van der Waals surface area contributed by atoms with E-state index in [1.807, 2.05) is 0 Å². The second-order valence-corrected chi connectivity index (χ2v) is 6.14. The van der Waals surface area contributed by atoms with E-state index in [9.17, 15) is 14.9 Å². The lowest BCUT2D eigenvalue weighted by atomic mass is 10.1. The summed E-state index contributed by atoms with van der Waals surface area (Å²) in [6, 6.07) is 5.18. The zero-order valence-electron chi connectivity index (χ0n) is 12.2. The largest absolute Gasteiger partial charge is 0.452 e. The highest BCUT2D eigenvalue weighted by molar-refractivity contribution is 7.16. The van der Waals surface area contributed by atoms with Crippen LogP contribution >= 0.6 is 11.3 Å². The molecule has 0 saturated carbocycles. The number of rotatable bonds is 4. The molecule has 0 unspecified atom stereocenters. The van der Waals surface area contributed by atoms with Gasteiger partial charge in [-0.15, -0.1) is 11.3 Å². The molecule has 1 aliphatic carbocycles. The standard InChI is InChI=1S/C16H13N3O3S/c17-8-12-11-2-1-3-13(11)23-15(12)19-14(20)9-22-16(21)10-4-6-18-7-5-10/h4-7H,1-3,9H2,(H,19,20).